The third-order valence-electron chi connectivity index (χ3n) is 4.10. The summed E-state index contributed by atoms with van der Waals surface area (Å²) < 4.78 is 1.85. The lowest BCUT2D eigenvalue weighted by Crippen LogP contribution is -2.41. The fourth-order valence-electron chi connectivity index (χ4n) is 2.87. The SMILES string of the molecule is CN(Cc1cccs1)C(=O)CN1CCC[C@@H]1Cn1cncn1. The number of hydrogen-bond acceptors (Lipinski definition) is 5. The molecule has 0 spiro atoms. The number of amides is 1. The van der Waals surface area contributed by atoms with Crippen molar-refractivity contribution < 1.29 is 4.79 Å². The summed E-state index contributed by atoms with van der Waals surface area (Å²) in [6.07, 6.45) is 5.55. The molecule has 1 amide bonds. The van der Waals surface area contributed by atoms with E-state index in [0.29, 0.717) is 19.1 Å². The molecule has 2 aromatic heterocycles. The summed E-state index contributed by atoms with van der Waals surface area (Å²) in [5.74, 6) is 0.180. The Morgan fingerprint density at radius 2 is 2.45 bits per heavy atom. The largest absolute Gasteiger partial charge is 0.340 e. The van der Waals surface area contributed by atoms with E-state index in [1.807, 2.05) is 28.1 Å². The summed E-state index contributed by atoms with van der Waals surface area (Å²) >= 11 is 1.69. The van der Waals surface area contributed by atoms with Gasteiger partial charge in [-0.2, -0.15) is 5.10 Å². The van der Waals surface area contributed by atoms with E-state index in [1.165, 1.54) is 4.88 Å². The summed E-state index contributed by atoms with van der Waals surface area (Å²) in [6.45, 7) is 2.97. The van der Waals surface area contributed by atoms with Crippen LogP contribution in [0.5, 0.6) is 0 Å². The van der Waals surface area contributed by atoms with E-state index in [4.69, 9.17) is 0 Å². The molecule has 7 heteroatoms. The number of carbonyl (C=O) groups excluding carboxylic acids is 1. The lowest BCUT2D eigenvalue weighted by atomic mass is 10.2. The van der Waals surface area contributed by atoms with Crippen LogP contribution < -0.4 is 0 Å². The number of rotatable bonds is 6. The van der Waals surface area contributed by atoms with Crippen molar-refractivity contribution in [3.8, 4) is 0 Å². The minimum absolute atomic E-state index is 0.180. The van der Waals surface area contributed by atoms with Crippen LogP contribution in [0.25, 0.3) is 0 Å². The van der Waals surface area contributed by atoms with Gasteiger partial charge >= 0.3 is 0 Å². The third kappa shape index (κ3) is 3.72. The van der Waals surface area contributed by atoms with Gasteiger partial charge in [0.1, 0.15) is 12.7 Å². The Kier molecular flexibility index (Phi) is 4.84. The minimum atomic E-state index is 0.180. The number of carbonyl (C=O) groups is 1. The molecule has 0 saturated carbocycles. The highest BCUT2D eigenvalue weighted by molar-refractivity contribution is 7.09. The van der Waals surface area contributed by atoms with Crippen molar-refractivity contribution in [2.45, 2.75) is 32.0 Å². The van der Waals surface area contributed by atoms with Crippen LogP contribution >= 0.6 is 11.3 Å². The molecule has 0 bridgehead atoms. The Morgan fingerprint density at radius 3 is 3.18 bits per heavy atom. The quantitative estimate of drug-likeness (QED) is 0.809. The van der Waals surface area contributed by atoms with E-state index in [0.717, 1.165) is 25.9 Å². The third-order valence-corrected chi connectivity index (χ3v) is 4.96. The first-order chi connectivity index (χ1) is 10.7. The molecule has 6 nitrogen and oxygen atoms in total. The van der Waals surface area contributed by atoms with Gasteiger partial charge in [0.15, 0.2) is 0 Å². The Hall–Kier alpha value is -1.73. The molecule has 1 aliphatic heterocycles. The first kappa shape index (κ1) is 15.2. The monoisotopic (exact) mass is 319 g/mol. The van der Waals surface area contributed by atoms with Crippen LogP contribution in [0.1, 0.15) is 17.7 Å². The second kappa shape index (κ2) is 7.02. The second-order valence-corrected chi connectivity index (χ2v) is 6.75. The number of likely N-dealkylation sites (N-methyl/N-ethyl adjacent to an activating group) is 1. The molecule has 1 atom stereocenters. The van der Waals surface area contributed by atoms with Crippen LogP contribution in [0.4, 0.5) is 0 Å². The van der Waals surface area contributed by atoms with Crippen molar-refractivity contribution in [2.24, 2.45) is 0 Å². The van der Waals surface area contributed by atoms with E-state index in [9.17, 15) is 4.79 Å². The zero-order valence-corrected chi connectivity index (χ0v) is 13.6. The summed E-state index contributed by atoms with van der Waals surface area (Å²) in [4.78, 5) is 21.7. The maximum absolute atomic E-state index is 12.4. The van der Waals surface area contributed by atoms with Crippen molar-refractivity contribution in [1.29, 1.82) is 0 Å². The molecule has 0 radical (unpaired) electrons. The first-order valence-electron chi connectivity index (χ1n) is 7.55. The molecular formula is C15H21N5OS. The minimum Gasteiger partial charge on any atom is -0.340 e. The van der Waals surface area contributed by atoms with E-state index in [1.54, 1.807) is 24.0 Å². The summed E-state index contributed by atoms with van der Waals surface area (Å²) in [5.41, 5.74) is 0. The van der Waals surface area contributed by atoms with E-state index >= 15 is 0 Å². The molecule has 0 aromatic carbocycles. The number of likely N-dealkylation sites (tertiary alicyclic amines) is 1. The van der Waals surface area contributed by atoms with Crippen molar-refractivity contribution in [1.82, 2.24) is 24.6 Å². The number of hydrogen-bond donors (Lipinski definition) is 0. The maximum atomic E-state index is 12.4. The second-order valence-electron chi connectivity index (χ2n) is 5.71. The molecule has 0 N–H and O–H groups in total. The predicted molar refractivity (Wildman–Crippen MR) is 85.4 cm³/mol. The average molecular weight is 319 g/mol. The standard InChI is InChI=1S/C15H21N5OS/c1-18(9-14-5-3-7-22-14)15(21)10-19-6-2-4-13(19)8-20-12-16-11-17-20/h3,5,7,11-13H,2,4,6,8-10H2,1H3/t13-/m1/s1. The first-order valence-corrected chi connectivity index (χ1v) is 8.43. The van der Waals surface area contributed by atoms with Gasteiger partial charge in [-0.25, -0.2) is 4.98 Å². The Balaban J connectivity index is 1.53. The van der Waals surface area contributed by atoms with Crippen LogP contribution in [0, 0.1) is 0 Å². The molecular weight excluding hydrogens is 298 g/mol. The normalized spacial score (nSPS) is 18.7. The Bertz CT molecular complexity index is 583. The van der Waals surface area contributed by atoms with Gasteiger partial charge in [0, 0.05) is 18.0 Å². The van der Waals surface area contributed by atoms with Gasteiger partial charge in [-0.05, 0) is 30.8 Å². The van der Waals surface area contributed by atoms with Gasteiger partial charge in [0.05, 0.1) is 19.6 Å². The molecule has 118 valence electrons. The molecule has 1 aliphatic rings. The number of nitrogens with zero attached hydrogens (tertiary/aromatic N) is 5. The van der Waals surface area contributed by atoms with Crippen LogP contribution in [0.15, 0.2) is 30.2 Å². The van der Waals surface area contributed by atoms with Crippen molar-refractivity contribution in [3.05, 3.63) is 35.0 Å². The van der Waals surface area contributed by atoms with Gasteiger partial charge in [-0.15, -0.1) is 11.3 Å². The average Bonchev–Trinajstić information content (AvgIpc) is 3.23. The fourth-order valence-corrected chi connectivity index (χ4v) is 3.63. The fraction of sp³-hybridized carbons (Fsp3) is 0.533. The summed E-state index contributed by atoms with van der Waals surface area (Å²) in [6, 6.07) is 4.46. The van der Waals surface area contributed by atoms with Gasteiger partial charge in [-0.1, -0.05) is 6.07 Å². The molecule has 1 saturated heterocycles. The van der Waals surface area contributed by atoms with Gasteiger partial charge in [-0.3, -0.25) is 14.4 Å². The van der Waals surface area contributed by atoms with E-state index in [2.05, 4.69) is 21.0 Å². The highest BCUT2D eigenvalue weighted by Gasteiger charge is 2.27. The Morgan fingerprint density at radius 1 is 1.55 bits per heavy atom. The zero-order valence-electron chi connectivity index (χ0n) is 12.8. The lowest BCUT2D eigenvalue weighted by Gasteiger charge is -2.26. The van der Waals surface area contributed by atoms with Crippen molar-refractivity contribution in [3.63, 3.8) is 0 Å². The molecule has 2 aromatic rings. The van der Waals surface area contributed by atoms with E-state index < -0.39 is 0 Å². The molecule has 1 fully saturated rings. The van der Waals surface area contributed by atoms with Crippen LogP contribution in [-0.4, -0.2) is 56.7 Å². The summed E-state index contributed by atoms with van der Waals surface area (Å²) in [7, 11) is 1.88. The van der Waals surface area contributed by atoms with Crippen LogP contribution in [0.3, 0.4) is 0 Å². The predicted octanol–water partition coefficient (Wildman–Crippen LogP) is 1.46. The molecule has 22 heavy (non-hydrogen) atoms. The van der Waals surface area contributed by atoms with Gasteiger partial charge in [0.2, 0.25) is 5.91 Å². The van der Waals surface area contributed by atoms with Crippen molar-refractivity contribution >= 4 is 17.2 Å². The Labute approximate surface area is 134 Å². The maximum Gasteiger partial charge on any atom is 0.236 e. The van der Waals surface area contributed by atoms with Gasteiger partial charge < -0.3 is 4.90 Å². The smallest absolute Gasteiger partial charge is 0.236 e. The van der Waals surface area contributed by atoms with Crippen LogP contribution in [-0.2, 0) is 17.9 Å². The highest BCUT2D eigenvalue weighted by Crippen LogP contribution is 2.19. The summed E-state index contributed by atoms with van der Waals surface area (Å²) in [5, 5.41) is 6.21. The van der Waals surface area contributed by atoms with Crippen molar-refractivity contribution in [2.75, 3.05) is 20.1 Å². The topological polar surface area (TPSA) is 54.3 Å². The zero-order chi connectivity index (χ0) is 15.4. The molecule has 0 aliphatic carbocycles. The number of thiophene rings is 1. The van der Waals surface area contributed by atoms with E-state index in [-0.39, 0.29) is 5.91 Å². The number of aromatic nitrogens is 3. The molecule has 3 rings (SSSR count). The highest BCUT2D eigenvalue weighted by atomic mass is 32.1. The van der Waals surface area contributed by atoms with Crippen LogP contribution in [0.2, 0.25) is 0 Å². The molecule has 3 heterocycles. The van der Waals surface area contributed by atoms with Gasteiger partial charge in [0.25, 0.3) is 0 Å². The molecule has 0 unspecified atom stereocenters. The lowest BCUT2D eigenvalue weighted by molar-refractivity contribution is -0.131.